The Bertz CT molecular complexity index is 392. The third-order valence-electron chi connectivity index (χ3n) is 3.78. The van der Waals surface area contributed by atoms with E-state index in [2.05, 4.69) is 5.32 Å². The predicted octanol–water partition coefficient (Wildman–Crippen LogP) is 0.224. The number of carbonyl (C=O) groups excluding carboxylic acids is 2. The lowest BCUT2D eigenvalue weighted by Crippen LogP contribution is -2.43. The summed E-state index contributed by atoms with van der Waals surface area (Å²) in [5.41, 5.74) is 0. The number of hydrogen-bond acceptors (Lipinski definition) is 3. The fraction of sp³-hybridized carbons (Fsp3) is 0.769. The minimum Gasteiger partial charge on any atom is -0.480 e. The summed E-state index contributed by atoms with van der Waals surface area (Å²) in [5, 5.41) is 11.4. The van der Waals surface area contributed by atoms with Crippen molar-refractivity contribution in [3.05, 3.63) is 0 Å². The highest BCUT2D eigenvalue weighted by Gasteiger charge is 2.37. The monoisotopic (exact) mass is 268 g/mol. The lowest BCUT2D eigenvalue weighted by molar-refractivity contribution is -0.142. The molecule has 1 saturated carbocycles. The summed E-state index contributed by atoms with van der Waals surface area (Å²) in [7, 11) is 0. The molecule has 2 unspecified atom stereocenters. The Labute approximate surface area is 112 Å². The number of nitrogens with zero attached hydrogens (tertiary/aromatic N) is 1. The smallest absolute Gasteiger partial charge is 0.326 e. The quantitative estimate of drug-likeness (QED) is 0.721. The average Bonchev–Trinajstić information content (AvgIpc) is 3.09. The third kappa shape index (κ3) is 3.45. The molecular formula is C13H20N2O4. The zero-order valence-corrected chi connectivity index (χ0v) is 11.1. The molecule has 19 heavy (non-hydrogen) atoms. The SMILES string of the molecule is CCC(NC(=O)C1CC(=O)N(CC2CC2)C1)C(=O)O. The van der Waals surface area contributed by atoms with Crippen LogP contribution in [0.5, 0.6) is 0 Å². The molecule has 1 saturated heterocycles. The average molecular weight is 268 g/mol. The van der Waals surface area contributed by atoms with Crippen LogP contribution in [0, 0.1) is 11.8 Å². The highest BCUT2D eigenvalue weighted by molar-refractivity contribution is 5.91. The molecule has 106 valence electrons. The van der Waals surface area contributed by atoms with Gasteiger partial charge in [-0.1, -0.05) is 6.92 Å². The maximum atomic E-state index is 12.0. The molecule has 1 aliphatic carbocycles. The number of aliphatic carboxylic acids is 1. The lowest BCUT2D eigenvalue weighted by Gasteiger charge is -2.17. The number of carboxylic acid groups (broad SMARTS) is 1. The van der Waals surface area contributed by atoms with E-state index in [4.69, 9.17) is 5.11 Å². The largest absolute Gasteiger partial charge is 0.480 e. The van der Waals surface area contributed by atoms with Crippen molar-refractivity contribution in [3.8, 4) is 0 Å². The van der Waals surface area contributed by atoms with E-state index in [1.807, 2.05) is 0 Å². The van der Waals surface area contributed by atoms with E-state index in [1.165, 1.54) is 0 Å². The van der Waals surface area contributed by atoms with Crippen LogP contribution in [-0.4, -0.2) is 46.9 Å². The summed E-state index contributed by atoms with van der Waals surface area (Å²) >= 11 is 0. The minimum absolute atomic E-state index is 0.00965. The van der Waals surface area contributed by atoms with Gasteiger partial charge in [-0.15, -0.1) is 0 Å². The van der Waals surface area contributed by atoms with Crippen molar-refractivity contribution in [3.63, 3.8) is 0 Å². The number of carboxylic acids is 1. The molecule has 0 aromatic rings. The van der Waals surface area contributed by atoms with Crippen LogP contribution in [-0.2, 0) is 14.4 Å². The molecule has 6 nitrogen and oxygen atoms in total. The van der Waals surface area contributed by atoms with Gasteiger partial charge in [-0.05, 0) is 25.2 Å². The number of hydrogen-bond donors (Lipinski definition) is 2. The molecule has 0 bridgehead atoms. The van der Waals surface area contributed by atoms with Gasteiger partial charge in [-0.3, -0.25) is 9.59 Å². The molecule has 2 amide bonds. The van der Waals surface area contributed by atoms with Gasteiger partial charge in [0.2, 0.25) is 11.8 Å². The Hall–Kier alpha value is -1.59. The summed E-state index contributed by atoms with van der Waals surface area (Å²) in [6.45, 7) is 2.88. The number of rotatable bonds is 6. The van der Waals surface area contributed by atoms with E-state index < -0.39 is 17.9 Å². The van der Waals surface area contributed by atoms with Gasteiger partial charge in [0.1, 0.15) is 6.04 Å². The van der Waals surface area contributed by atoms with Crippen molar-refractivity contribution >= 4 is 17.8 Å². The molecule has 2 N–H and O–H groups in total. The molecule has 2 rings (SSSR count). The summed E-state index contributed by atoms with van der Waals surface area (Å²) in [6.07, 6.45) is 2.87. The molecule has 0 aromatic heterocycles. The molecule has 6 heteroatoms. The fourth-order valence-corrected chi connectivity index (χ4v) is 2.36. The van der Waals surface area contributed by atoms with Crippen LogP contribution in [0.25, 0.3) is 0 Å². The lowest BCUT2D eigenvalue weighted by atomic mass is 10.1. The maximum absolute atomic E-state index is 12.0. The summed E-state index contributed by atoms with van der Waals surface area (Å²) in [4.78, 5) is 36.3. The Morgan fingerprint density at radius 2 is 2.16 bits per heavy atom. The zero-order chi connectivity index (χ0) is 14.0. The molecule has 1 heterocycles. The van der Waals surface area contributed by atoms with E-state index in [-0.39, 0.29) is 18.2 Å². The van der Waals surface area contributed by atoms with Gasteiger partial charge in [0.25, 0.3) is 0 Å². The first-order chi connectivity index (χ1) is 9.01. The summed E-state index contributed by atoms with van der Waals surface area (Å²) in [6, 6.07) is -0.861. The normalized spacial score (nSPS) is 24.4. The Balaban J connectivity index is 1.86. The van der Waals surface area contributed by atoms with Crippen molar-refractivity contribution in [2.24, 2.45) is 11.8 Å². The third-order valence-corrected chi connectivity index (χ3v) is 3.78. The Morgan fingerprint density at radius 3 is 2.68 bits per heavy atom. The van der Waals surface area contributed by atoms with Crippen LogP contribution in [0.2, 0.25) is 0 Å². The van der Waals surface area contributed by atoms with Crippen LogP contribution in [0.15, 0.2) is 0 Å². The summed E-state index contributed by atoms with van der Waals surface area (Å²) in [5.74, 6) is -1.14. The first-order valence-electron chi connectivity index (χ1n) is 6.82. The molecule has 2 atom stereocenters. The van der Waals surface area contributed by atoms with Crippen LogP contribution < -0.4 is 5.32 Å². The number of carbonyl (C=O) groups is 3. The van der Waals surface area contributed by atoms with E-state index in [0.717, 1.165) is 19.4 Å². The summed E-state index contributed by atoms with van der Waals surface area (Å²) < 4.78 is 0. The first-order valence-corrected chi connectivity index (χ1v) is 6.82. The minimum atomic E-state index is -1.03. The van der Waals surface area contributed by atoms with Gasteiger partial charge in [0.15, 0.2) is 0 Å². The van der Waals surface area contributed by atoms with E-state index in [1.54, 1.807) is 11.8 Å². The maximum Gasteiger partial charge on any atom is 0.326 e. The van der Waals surface area contributed by atoms with Gasteiger partial charge in [-0.2, -0.15) is 0 Å². The Kier molecular flexibility index (Phi) is 4.07. The van der Waals surface area contributed by atoms with Crippen molar-refractivity contribution < 1.29 is 19.5 Å². The molecule has 2 fully saturated rings. The van der Waals surface area contributed by atoms with Gasteiger partial charge < -0.3 is 15.3 Å². The number of nitrogens with one attached hydrogen (secondary N) is 1. The van der Waals surface area contributed by atoms with Gasteiger partial charge in [0.05, 0.1) is 5.92 Å². The van der Waals surface area contributed by atoms with Gasteiger partial charge in [-0.25, -0.2) is 4.79 Å². The zero-order valence-electron chi connectivity index (χ0n) is 11.1. The molecule has 0 radical (unpaired) electrons. The van der Waals surface area contributed by atoms with Crippen molar-refractivity contribution in [1.82, 2.24) is 10.2 Å². The van der Waals surface area contributed by atoms with Gasteiger partial charge in [0, 0.05) is 19.5 Å². The molecule has 0 aromatic carbocycles. The van der Waals surface area contributed by atoms with E-state index in [0.29, 0.717) is 18.9 Å². The van der Waals surface area contributed by atoms with Crippen molar-refractivity contribution in [2.75, 3.05) is 13.1 Å². The molecule has 0 spiro atoms. The number of likely N-dealkylation sites (tertiary alicyclic amines) is 1. The van der Waals surface area contributed by atoms with E-state index in [9.17, 15) is 14.4 Å². The Morgan fingerprint density at radius 1 is 1.47 bits per heavy atom. The van der Waals surface area contributed by atoms with Crippen LogP contribution in [0.4, 0.5) is 0 Å². The van der Waals surface area contributed by atoms with Crippen LogP contribution in [0.3, 0.4) is 0 Å². The molecule has 2 aliphatic rings. The fourth-order valence-electron chi connectivity index (χ4n) is 2.36. The highest BCUT2D eigenvalue weighted by atomic mass is 16.4. The van der Waals surface area contributed by atoms with E-state index >= 15 is 0 Å². The molecule has 1 aliphatic heterocycles. The predicted molar refractivity (Wildman–Crippen MR) is 67.3 cm³/mol. The second-order valence-corrected chi connectivity index (χ2v) is 5.45. The number of amides is 2. The van der Waals surface area contributed by atoms with Crippen molar-refractivity contribution in [2.45, 2.75) is 38.6 Å². The van der Waals surface area contributed by atoms with Gasteiger partial charge >= 0.3 is 5.97 Å². The second kappa shape index (κ2) is 5.59. The topological polar surface area (TPSA) is 86.7 Å². The first kappa shape index (κ1) is 13.8. The standard InChI is InChI=1S/C13H20N2O4/c1-2-10(13(18)19)14-12(17)9-5-11(16)15(7-9)6-8-3-4-8/h8-10H,2-7H2,1H3,(H,14,17)(H,18,19). The van der Waals surface area contributed by atoms with Crippen LogP contribution in [0.1, 0.15) is 32.6 Å². The van der Waals surface area contributed by atoms with Crippen molar-refractivity contribution in [1.29, 1.82) is 0 Å². The second-order valence-electron chi connectivity index (χ2n) is 5.45. The van der Waals surface area contributed by atoms with Crippen LogP contribution >= 0.6 is 0 Å². The molecular weight excluding hydrogens is 248 g/mol. The highest BCUT2D eigenvalue weighted by Crippen LogP contribution is 2.32.